The maximum absolute atomic E-state index is 11.3. The van der Waals surface area contributed by atoms with Crippen molar-refractivity contribution in [1.29, 1.82) is 0 Å². The number of aryl methyl sites for hydroxylation is 1. The van der Waals surface area contributed by atoms with Crippen LogP contribution in [0.5, 0.6) is 0 Å². The van der Waals surface area contributed by atoms with Gasteiger partial charge in [-0.05, 0) is 52.5 Å². The third kappa shape index (κ3) is 5.01. The number of fused-ring (bicyclic) bond motifs is 1. The van der Waals surface area contributed by atoms with Gasteiger partial charge in [0, 0.05) is 47.2 Å². The molecule has 0 saturated heterocycles. The van der Waals surface area contributed by atoms with Gasteiger partial charge in [-0.25, -0.2) is 4.52 Å². The molecule has 0 aliphatic rings. The van der Waals surface area contributed by atoms with Gasteiger partial charge in [0.05, 0.1) is 31.0 Å². The molecule has 7 nitrogen and oxygen atoms in total. The molecule has 0 unspecified atom stereocenters. The van der Waals surface area contributed by atoms with E-state index >= 15 is 0 Å². The van der Waals surface area contributed by atoms with Crippen molar-refractivity contribution in [1.82, 2.24) is 14.6 Å². The number of carbonyl (C=O) groups is 1. The Hall–Kier alpha value is -2.29. The Bertz CT molecular complexity index is 1000. The number of hydrogen-bond donors (Lipinski definition) is 1. The molecule has 0 radical (unpaired) electrons. The Morgan fingerprint density at radius 2 is 2.10 bits per heavy atom. The number of pyridine rings is 1. The number of rotatable bonds is 10. The van der Waals surface area contributed by atoms with E-state index in [0.29, 0.717) is 19.6 Å². The highest BCUT2D eigenvalue weighted by molar-refractivity contribution is 9.10. The summed E-state index contributed by atoms with van der Waals surface area (Å²) < 4.78 is 13.6. The van der Waals surface area contributed by atoms with E-state index in [4.69, 9.17) is 14.6 Å². The number of aliphatic carboxylic acids is 1. The summed E-state index contributed by atoms with van der Waals surface area (Å²) in [5.74, 6) is -0.848. The molecule has 3 aromatic rings. The highest BCUT2D eigenvalue weighted by Gasteiger charge is 2.20. The fourth-order valence-electron chi connectivity index (χ4n) is 3.32. The lowest BCUT2D eigenvalue weighted by Gasteiger charge is -2.17. The first kappa shape index (κ1) is 21.4. The minimum atomic E-state index is -0.848. The average molecular weight is 462 g/mol. The molecule has 3 aromatic heterocycles. The molecular formula is C21H24BrN3O4. The van der Waals surface area contributed by atoms with Crippen molar-refractivity contribution in [3.63, 3.8) is 0 Å². The predicted molar refractivity (Wildman–Crippen MR) is 113 cm³/mol. The van der Waals surface area contributed by atoms with Crippen molar-refractivity contribution in [2.45, 2.75) is 32.8 Å². The topological polar surface area (TPSA) is 86.0 Å². The van der Waals surface area contributed by atoms with Gasteiger partial charge in [0.15, 0.2) is 0 Å². The van der Waals surface area contributed by atoms with E-state index in [1.165, 1.54) is 0 Å². The lowest BCUT2D eigenvalue weighted by atomic mass is 9.96. The Morgan fingerprint density at radius 3 is 2.79 bits per heavy atom. The van der Waals surface area contributed by atoms with Crippen LogP contribution in [0.4, 0.5) is 0 Å². The number of aromatic nitrogens is 3. The summed E-state index contributed by atoms with van der Waals surface area (Å²) in [6.07, 6.45) is 4.71. The summed E-state index contributed by atoms with van der Waals surface area (Å²) in [5, 5.41) is 14.1. The number of carboxylic acids is 1. The molecule has 3 heterocycles. The van der Waals surface area contributed by atoms with Crippen molar-refractivity contribution in [3.05, 3.63) is 52.0 Å². The van der Waals surface area contributed by atoms with Crippen LogP contribution >= 0.6 is 15.9 Å². The second kappa shape index (κ2) is 9.96. The number of halogens is 1. The van der Waals surface area contributed by atoms with Gasteiger partial charge in [0.2, 0.25) is 0 Å². The number of nitrogens with zero attached hydrogens (tertiary/aromatic N) is 3. The molecule has 0 bridgehead atoms. The van der Waals surface area contributed by atoms with Crippen LogP contribution in [0.2, 0.25) is 0 Å². The van der Waals surface area contributed by atoms with E-state index in [2.05, 4.69) is 27.8 Å². The molecule has 0 atom stereocenters. The number of carboxylic acid groups (broad SMARTS) is 1. The van der Waals surface area contributed by atoms with E-state index in [9.17, 15) is 9.90 Å². The molecule has 8 heteroatoms. The van der Waals surface area contributed by atoms with Crippen molar-refractivity contribution in [2.75, 3.05) is 20.3 Å². The molecule has 0 spiro atoms. The molecular weight excluding hydrogens is 438 g/mol. The third-order valence-electron chi connectivity index (χ3n) is 4.68. The van der Waals surface area contributed by atoms with Crippen LogP contribution in [0.25, 0.3) is 16.6 Å². The molecule has 0 aromatic carbocycles. The van der Waals surface area contributed by atoms with Crippen LogP contribution in [-0.2, 0) is 33.7 Å². The predicted octanol–water partition coefficient (Wildman–Crippen LogP) is 3.90. The van der Waals surface area contributed by atoms with Crippen LogP contribution in [0, 0.1) is 0 Å². The van der Waals surface area contributed by atoms with Crippen LogP contribution in [-0.4, -0.2) is 46.0 Å². The van der Waals surface area contributed by atoms with Crippen molar-refractivity contribution >= 4 is 27.4 Å². The smallest absolute Gasteiger partial charge is 0.303 e. The van der Waals surface area contributed by atoms with Crippen molar-refractivity contribution in [2.24, 2.45) is 0 Å². The summed E-state index contributed by atoms with van der Waals surface area (Å²) in [6, 6.07) is 6.07. The van der Waals surface area contributed by atoms with Gasteiger partial charge in [-0.3, -0.25) is 9.78 Å². The highest BCUT2D eigenvalue weighted by atomic mass is 79.9. The number of hydrogen-bond acceptors (Lipinski definition) is 5. The summed E-state index contributed by atoms with van der Waals surface area (Å²) in [4.78, 5) is 15.6. The molecule has 0 aliphatic heterocycles. The first-order chi connectivity index (χ1) is 14.0. The number of ether oxygens (including phenoxy) is 2. The van der Waals surface area contributed by atoms with Crippen LogP contribution in [0.3, 0.4) is 0 Å². The van der Waals surface area contributed by atoms with Crippen LogP contribution < -0.4 is 0 Å². The summed E-state index contributed by atoms with van der Waals surface area (Å²) in [7, 11) is 1.62. The molecule has 0 aliphatic carbocycles. The lowest BCUT2D eigenvalue weighted by molar-refractivity contribution is -0.136. The Labute approximate surface area is 177 Å². The third-order valence-corrected chi connectivity index (χ3v) is 5.11. The zero-order valence-electron chi connectivity index (χ0n) is 16.5. The monoisotopic (exact) mass is 461 g/mol. The molecule has 3 rings (SSSR count). The van der Waals surface area contributed by atoms with Gasteiger partial charge < -0.3 is 14.6 Å². The molecule has 0 saturated carbocycles. The standard InChI is InChI=1S/C21H24BrN3O4/c1-3-16-4-6-19-21(14-10-15(22)12-23-11-14)17(5-7-20(26)27)18(24-25(16)19)13-29-9-8-28-2/h4,6,10-12H,3,5,7-9,13H2,1-2H3,(H,26,27). The molecule has 154 valence electrons. The average Bonchev–Trinajstić information content (AvgIpc) is 3.11. The molecule has 1 N–H and O–H groups in total. The highest BCUT2D eigenvalue weighted by Crippen LogP contribution is 2.33. The zero-order valence-corrected chi connectivity index (χ0v) is 18.1. The Kier molecular flexibility index (Phi) is 7.35. The summed E-state index contributed by atoms with van der Waals surface area (Å²) >= 11 is 3.49. The fraction of sp³-hybridized carbons (Fsp3) is 0.381. The maximum atomic E-state index is 11.3. The van der Waals surface area contributed by atoms with Crippen molar-refractivity contribution < 1.29 is 19.4 Å². The second-order valence-electron chi connectivity index (χ2n) is 6.61. The van der Waals surface area contributed by atoms with E-state index in [-0.39, 0.29) is 13.0 Å². The minimum absolute atomic E-state index is 0.0126. The minimum Gasteiger partial charge on any atom is -0.481 e. The number of methoxy groups -OCH3 is 1. The van der Waals surface area contributed by atoms with Crippen LogP contribution in [0.15, 0.2) is 35.1 Å². The van der Waals surface area contributed by atoms with E-state index in [1.54, 1.807) is 19.5 Å². The molecule has 29 heavy (non-hydrogen) atoms. The quantitative estimate of drug-likeness (QED) is 0.460. The largest absolute Gasteiger partial charge is 0.481 e. The first-order valence-electron chi connectivity index (χ1n) is 9.46. The van der Waals surface area contributed by atoms with Gasteiger partial charge in [0.25, 0.3) is 0 Å². The van der Waals surface area contributed by atoms with Gasteiger partial charge in [-0.15, -0.1) is 0 Å². The van der Waals surface area contributed by atoms with Crippen LogP contribution in [0.1, 0.15) is 30.3 Å². The van der Waals surface area contributed by atoms with E-state index in [1.807, 2.05) is 22.7 Å². The first-order valence-corrected chi connectivity index (χ1v) is 10.3. The molecule has 0 fully saturated rings. The van der Waals surface area contributed by atoms with E-state index in [0.717, 1.165) is 44.5 Å². The van der Waals surface area contributed by atoms with Gasteiger partial charge in [-0.2, -0.15) is 5.10 Å². The summed E-state index contributed by atoms with van der Waals surface area (Å²) in [6.45, 7) is 3.29. The van der Waals surface area contributed by atoms with Crippen molar-refractivity contribution in [3.8, 4) is 11.1 Å². The normalized spacial score (nSPS) is 11.3. The fourth-order valence-corrected chi connectivity index (χ4v) is 3.69. The summed E-state index contributed by atoms with van der Waals surface area (Å²) in [5.41, 5.74) is 5.47. The van der Waals surface area contributed by atoms with Gasteiger partial charge >= 0.3 is 5.97 Å². The zero-order chi connectivity index (χ0) is 20.8. The second-order valence-corrected chi connectivity index (χ2v) is 7.52. The maximum Gasteiger partial charge on any atom is 0.303 e. The lowest BCUT2D eigenvalue weighted by Crippen LogP contribution is -2.12. The Balaban J connectivity index is 2.19. The Morgan fingerprint density at radius 1 is 1.28 bits per heavy atom. The van der Waals surface area contributed by atoms with E-state index < -0.39 is 5.97 Å². The van der Waals surface area contributed by atoms with Gasteiger partial charge in [0.1, 0.15) is 0 Å². The SMILES string of the molecule is CCc1ccc2c(-c3cncc(Br)c3)c(CCC(=O)O)c(COCCOC)nn12. The molecule has 0 amide bonds. The van der Waals surface area contributed by atoms with Gasteiger partial charge in [-0.1, -0.05) is 6.92 Å².